The maximum atomic E-state index is 12.5. The Morgan fingerprint density at radius 1 is 1.12 bits per heavy atom. The molecule has 3 amide bonds. The van der Waals surface area contributed by atoms with Crippen LogP contribution in [0.2, 0.25) is 0 Å². The minimum Gasteiger partial charge on any atom is -0.364 e. The van der Waals surface area contributed by atoms with Crippen molar-refractivity contribution in [1.82, 2.24) is 10.2 Å². The predicted octanol–water partition coefficient (Wildman–Crippen LogP) is 1.31. The number of likely N-dealkylation sites (tertiary alicyclic amines) is 1. The molecule has 2 aliphatic rings. The number of rotatable bonds is 4. The van der Waals surface area contributed by atoms with Gasteiger partial charge in [-0.1, -0.05) is 18.2 Å². The van der Waals surface area contributed by atoms with Crippen LogP contribution in [0.5, 0.6) is 0 Å². The van der Waals surface area contributed by atoms with Crippen LogP contribution in [0, 0.1) is 0 Å². The van der Waals surface area contributed by atoms with Crippen LogP contribution in [0.1, 0.15) is 25.7 Å². The van der Waals surface area contributed by atoms with Crippen LogP contribution in [0.25, 0.3) is 0 Å². The van der Waals surface area contributed by atoms with Gasteiger partial charge < -0.3 is 26.0 Å². The zero-order chi connectivity index (χ0) is 17.6. The third kappa shape index (κ3) is 4.70. The number of amides is 3. The van der Waals surface area contributed by atoms with E-state index in [0.717, 1.165) is 31.4 Å². The molecule has 4 N–H and O–H groups in total. The molecule has 0 saturated carbocycles. The van der Waals surface area contributed by atoms with Crippen LogP contribution < -0.4 is 16.4 Å². The predicted molar refractivity (Wildman–Crippen MR) is 95.1 cm³/mol. The molecule has 136 valence electrons. The number of carbonyl (C=O) groups excluding carboxylic acids is 2. The molecule has 25 heavy (non-hydrogen) atoms. The summed E-state index contributed by atoms with van der Waals surface area (Å²) in [5, 5.41) is 5.79. The molecule has 7 heteroatoms. The van der Waals surface area contributed by atoms with E-state index in [1.165, 1.54) is 0 Å². The molecule has 2 heterocycles. The molecule has 2 fully saturated rings. The van der Waals surface area contributed by atoms with E-state index in [-0.39, 0.29) is 30.2 Å². The Hall–Kier alpha value is -2.12. The highest BCUT2D eigenvalue weighted by Crippen LogP contribution is 2.22. The van der Waals surface area contributed by atoms with Gasteiger partial charge in [0.2, 0.25) is 0 Å². The largest absolute Gasteiger partial charge is 0.364 e. The summed E-state index contributed by atoms with van der Waals surface area (Å²) in [5.41, 5.74) is 6.36. The minimum atomic E-state index is -0.348. The maximum absolute atomic E-state index is 12.5. The van der Waals surface area contributed by atoms with Gasteiger partial charge in [0.1, 0.15) is 6.10 Å². The second-order valence-corrected chi connectivity index (χ2v) is 6.62. The Kier molecular flexibility index (Phi) is 5.88. The highest BCUT2D eigenvalue weighted by Gasteiger charge is 2.34. The number of nitrogens with two attached hydrogens (primary N) is 1. The maximum Gasteiger partial charge on any atom is 0.319 e. The van der Waals surface area contributed by atoms with Crippen molar-refractivity contribution < 1.29 is 14.3 Å². The number of benzene rings is 1. The van der Waals surface area contributed by atoms with E-state index < -0.39 is 0 Å². The average Bonchev–Trinajstić information content (AvgIpc) is 3.12. The number of hydrogen-bond acceptors (Lipinski definition) is 4. The monoisotopic (exact) mass is 346 g/mol. The van der Waals surface area contributed by atoms with Crippen LogP contribution in [0.4, 0.5) is 10.5 Å². The molecule has 2 atom stereocenters. The first-order chi connectivity index (χ1) is 12.2. The molecule has 0 aliphatic carbocycles. The van der Waals surface area contributed by atoms with Crippen molar-refractivity contribution in [2.75, 3.05) is 25.0 Å². The number of urea groups is 1. The number of hydrogen-bond donors (Lipinski definition) is 3. The van der Waals surface area contributed by atoms with Crippen molar-refractivity contribution >= 4 is 17.6 Å². The molecule has 0 bridgehead atoms. The number of carbonyl (C=O) groups is 2. The highest BCUT2D eigenvalue weighted by molar-refractivity contribution is 5.89. The normalized spacial score (nSPS) is 24.1. The number of anilines is 1. The number of piperidine rings is 1. The number of para-hydroxylation sites is 1. The standard InChI is InChI=1S/C18H26N4O3/c19-12-15-6-7-16(25-15)17(23)22-10-8-14(9-11-22)21-18(24)20-13-4-2-1-3-5-13/h1-5,14-16H,6-12,19H2,(H2,20,21,24)/t15-,16+/m1/s1. The Morgan fingerprint density at radius 3 is 2.48 bits per heavy atom. The summed E-state index contributed by atoms with van der Waals surface area (Å²) in [7, 11) is 0. The quantitative estimate of drug-likeness (QED) is 0.766. The third-order valence-electron chi connectivity index (χ3n) is 4.82. The molecule has 1 aromatic carbocycles. The van der Waals surface area contributed by atoms with Crippen LogP contribution in [-0.2, 0) is 9.53 Å². The van der Waals surface area contributed by atoms with Gasteiger partial charge >= 0.3 is 6.03 Å². The van der Waals surface area contributed by atoms with Crippen LogP contribution >= 0.6 is 0 Å². The molecule has 7 nitrogen and oxygen atoms in total. The van der Waals surface area contributed by atoms with Crippen molar-refractivity contribution in [2.24, 2.45) is 5.73 Å². The first kappa shape index (κ1) is 17.7. The van der Waals surface area contributed by atoms with Gasteiger partial charge in [-0.25, -0.2) is 4.79 Å². The lowest BCUT2D eigenvalue weighted by molar-refractivity contribution is -0.143. The van der Waals surface area contributed by atoms with E-state index in [1.54, 1.807) is 0 Å². The van der Waals surface area contributed by atoms with Crippen LogP contribution in [0.3, 0.4) is 0 Å². The fourth-order valence-electron chi connectivity index (χ4n) is 3.38. The molecule has 1 aromatic rings. The fraction of sp³-hybridized carbons (Fsp3) is 0.556. The van der Waals surface area contributed by atoms with Gasteiger partial charge in [0.15, 0.2) is 0 Å². The molecule has 0 radical (unpaired) electrons. The first-order valence-corrected chi connectivity index (χ1v) is 8.92. The minimum absolute atomic E-state index is 0.00911. The molecular weight excluding hydrogens is 320 g/mol. The molecule has 2 aliphatic heterocycles. The number of nitrogens with one attached hydrogen (secondary N) is 2. The van der Waals surface area contributed by atoms with E-state index >= 15 is 0 Å². The van der Waals surface area contributed by atoms with Crippen molar-refractivity contribution in [3.63, 3.8) is 0 Å². The summed E-state index contributed by atoms with van der Waals surface area (Å²) in [4.78, 5) is 26.4. The lowest BCUT2D eigenvalue weighted by Crippen LogP contribution is -2.49. The summed E-state index contributed by atoms with van der Waals surface area (Å²) in [5.74, 6) is 0.0585. The van der Waals surface area contributed by atoms with Crippen molar-refractivity contribution in [2.45, 2.75) is 43.9 Å². The topological polar surface area (TPSA) is 96.7 Å². The van der Waals surface area contributed by atoms with E-state index in [4.69, 9.17) is 10.5 Å². The van der Waals surface area contributed by atoms with Gasteiger partial charge in [-0.2, -0.15) is 0 Å². The van der Waals surface area contributed by atoms with Crippen molar-refractivity contribution in [1.29, 1.82) is 0 Å². The number of nitrogens with zero attached hydrogens (tertiary/aromatic N) is 1. The molecule has 0 aromatic heterocycles. The van der Waals surface area contributed by atoms with Crippen LogP contribution in [0.15, 0.2) is 30.3 Å². The molecule has 3 rings (SSSR count). The third-order valence-corrected chi connectivity index (χ3v) is 4.82. The Bertz CT molecular complexity index is 587. The summed E-state index contributed by atoms with van der Waals surface area (Å²) < 4.78 is 5.69. The second-order valence-electron chi connectivity index (χ2n) is 6.62. The average molecular weight is 346 g/mol. The molecule has 0 spiro atoms. The highest BCUT2D eigenvalue weighted by atomic mass is 16.5. The fourth-order valence-corrected chi connectivity index (χ4v) is 3.38. The molecule has 2 saturated heterocycles. The second kappa shape index (κ2) is 8.31. The van der Waals surface area contributed by atoms with Gasteiger partial charge in [0, 0.05) is 31.4 Å². The smallest absolute Gasteiger partial charge is 0.319 e. The summed E-state index contributed by atoms with van der Waals surface area (Å²) in [6.07, 6.45) is 2.76. The lowest BCUT2D eigenvalue weighted by atomic mass is 10.0. The van der Waals surface area contributed by atoms with E-state index in [2.05, 4.69) is 10.6 Å². The Labute approximate surface area is 147 Å². The summed E-state index contributed by atoms with van der Waals surface area (Å²) >= 11 is 0. The molecule has 0 unspecified atom stereocenters. The zero-order valence-electron chi connectivity index (χ0n) is 14.3. The van der Waals surface area contributed by atoms with Gasteiger partial charge in [0.05, 0.1) is 6.10 Å². The van der Waals surface area contributed by atoms with Crippen molar-refractivity contribution in [3.05, 3.63) is 30.3 Å². The SMILES string of the molecule is NC[C@H]1CC[C@@H](C(=O)N2CCC(NC(=O)Nc3ccccc3)CC2)O1. The van der Waals surface area contributed by atoms with Crippen molar-refractivity contribution in [3.8, 4) is 0 Å². The summed E-state index contributed by atoms with van der Waals surface area (Å²) in [6.45, 7) is 1.75. The van der Waals surface area contributed by atoms with E-state index in [1.807, 2.05) is 35.2 Å². The Balaban J connectivity index is 1.41. The van der Waals surface area contributed by atoms with Crippen LogP contribution in [-0.4, -0.2) is 54.7 Å². The van der Waals surface area contributed by atoms with Gasteiger partial charge in [0.25, 0.3) is 5.91 Å². The summed E-state index contributed by atoms with van der Waals surface area (Å²) in [6, 6.07) is 9.21. The number of ether oxygens (including phenoxy) is 1. The van der Waals surface area contributed by atoms with E-state index in [9.17, 15) is 9.59 Å². The Morgan fingerprint density at radius 2 is 1.84 bits per heavy atom. The molecular formula is C18H26N4O3. The van der Waals surface area contributed by atoms with Gasteiger partial charge in [-0.15, -0.1) is 0 Å². The zero-order valence-corrected chi connectivity index (χ0v) is 14.3. The van der Waals surface area contributed by atoms with Gasteiger partial charge in [-0.3, -0.25) is 4.79 Å². The van der Waals surface area contributed by atoms with E-state index in [0.29, 0.717) is 19.6 Å². The van der Waals surface area contributed by atoms with Gasteiger partial charge in [-0.05, 0) is 37.8 Å². The lowest BCUT2D eigenvalue weighted by Gasteiger charge is -2.33. The first-order valence-electron chi connectivity index (χ1n) is 8.92.